The van der Waals surface area contributed by atoms with Gasteiger partial charge in [0.2, 0.25) is 0 Å². The first-order chi connectivity index (χ1) is 12.6. The molecule has 0 radical (unpaired) electrons. The second kappa shape index (κ2) is 12.7. The number of hydrogen-bond acceptors (Lipinski definition) is 8. The van der Waals surface area contributed by atoms with Crippen molar-refractivity contribution >= 4 is 35.3 Å². The number of ether oxygens (including phenoxy) is 2. The summed E-state index contributed by atoms with van der Waals surface area (Å²) < 4.78 is 11.4. The second-order valence-corrected chi connectivity index (χ2v) is 7.67. The van der Waals surface area contributed by atoms with Gasteiger partial charge in [0.15, 0.2) is 0 Å². The number of benzene rings is 1. The number of carbonyl (C=O) groups excluding carboxylic acids is 2. The fraction of sp³-hybridized carbons (Fsp3) is 0.500. The van der Waals surface area contributed by atoms with Gasteiger partial charge in [-0.3, -0.25) is 20.4 Å². The van der Waals surface area contributed by atoms with E-state index in [1.165, 1.54) is 12.1 Å². The van der Waals surface area contributed by atoms with E-state index in [-0.39, 0.29) is 22.6 Å². The van der Waals surface area contributed by atoms with Crippen LogP contribution in [-0.2, 0) is 0 Å². The van der Waals surface area contributed by atoms with E-state index in [1.54, 1.807) is 23.5 Å². The first kappa shape index (κ1) is 22.4. The monoisotopic (exact) mass is 402 g/mol. The lowest BCUT2D eigenvalue weighted by Crippen LogP contribution is -2.32. The van der Waals surface area contributed by atoms with Gasteiger partial charge in [-0.15, -0.1) is 0 Å². The lowest BCUT2D eigenvalue weighted by Gasteiger charge is -2.16. The molecule has 0 fully saturated rings. The van der Waals surface area contributed by atoms with Crippen LogP contribution in [-0.4, -0.2) is 48.0 Å². The van der Waals surface area contributed by atoms with Gasteiger partial charge in [-0.2, -0.15) is 23.5 Å². The van der Waals surface area contributed by atoms with Crippen LogP contribution >= 0.6 is 23.5 Å². The molecule has 0 aliphatic carbocycles. The number of nitrogens with two attached hydrogens (primary N) is 2. The Labute approximate surface area is 162 Å². The maximum Gasteiger partial charge on any atom is 0.269 e. The Hall–Kier alpha value is -1.62. The van der Waals surface area contributed by atoms with Crippen LogP contribution < -0.4 is 32.0 Å². The number of hydrogen-bond donors (Lipinski definition) is 4. The SMILES string of the molecule is CCSCCOc1cc(C(=O)NN)c(OCCSCC)cc1C(=O)NN. The van der Waals surface area contributed by atoms with E-state index in [0.717, 1.165) is 23.0 Å². The number of nitrogen functional groups attached to an aromatic ring is 2. The summed E-state index contributed by atoms with van der Waals surface area (Å²) in [6, 6.07) is 2.90. The van der Waals surface area contributed by atoms with Crippen LogP contribution in [0.2, 0.25) is 0 Å². The van der Waals surface area contributed by atoms with Crippen molar-refractivity contribution in [3.05, 3.63) is 23.3 Å². The van der Waals surface area contributed by atoms with E-state index in [9.17, 15) is 9.59 Å². The number of rotatable bonds is 12. The maximum absolute atomic E-state index is 12.1. The largest absolute Gasteiger partial charge is 0.492 e. The Kier molecular flexibility index (Phi) is 10.9. The number of thioether (sulfide) groups is 2. The number of carbonyl (C=O) groups is 2. The van der Waals surface area contributed by atoms with Crippen molar-refractivity contribution in [2.75, 3.05) is 36.2 Å². The summed E-state index contributed by atoms with van der Waals surface area (Å²) in [6.45, 7) is 4.87. The topological polar surface area (TPSA) is 129 Å². The summed E-state index contributed by atoms with van der Waals surface area (Å²) >= 11 is 3.41. The van der Waals surface area contributed by atoms with Gasteiger partial charge in [0.05, 0.1) is 24.3 Å². The van der Waals surface area contributed by atoms with Gasteiger partial charge in [-0.05, 0) is 23.6 Å². The van der Waals surface area contributed by atoms with E-state index in [2.05, 4.69) is 10.9 Å². The van der Waals surface area contributed by atoms with Crippen molar-refractivity contribution in [1.29, 1.82) is 0 Å². The molecule has 0 aromatic heterocycles. The van der Waals surface area contributed by atoms with Crippen molar-refractivity contribution in [2.24, 2.45) is 11.7 Å². The van der Waals surface area contributed by atoms with Crippen LogP contribution in [0.4, 0.5) is 0 Å². The smallest absolute Gasteiger partial charge is 0.269 e. The molecule has 2 amide bonds. The van der Waals surface area contributed by atoms with Gasteiger partial charge in [0.25, 0.3) is 11.8 Å². The molecule has 0 saturated carbocycles. The molecule has 0 unspecified atom stereocenters. The van der Waals surface area contributed by atoms with Gasteiger partial charge >= 0.3 is 0 Å². The summed E-state index contributed by atoms with van der Waals surface area (Å²) in [7, 11) is 0. The molecule has 8 nitrogen and oxygen atoms in total. The highest BCUT2D eigenvalue weighted by Crippen LogP contribution is 2.29. The van der Waals surface area contributed by atoms with Gasteiger partial charge in [-0.1, -0.05) is 13.8 Å². The number of nitrogens with one attached hydrogen (secondary N) is 2. The zero-order valence-electron chi connectivity index (χ0n) is 15.0. The summed E-state index contributed by atoms with van der Waals surface area (Å²) in [5, 5.41) is 0. The summed E-state index contributed by atoms with van der Waals surface area (Å²) in [5.74, 6) is 13.4. The van der Waals surface area contributed by atoms with Crippen molar-refractivity contribution < 1.29 is 19.1 Å². The third kappa shape index (κ3) is 6.94. The second-order valence-electron chi connectivity index (χ2n) is 4.88. The quantitative estimate of drug-likeness (QED) is 0.177. The van der Waals surface area contributed by atoms with Crippen LogP contribution in [0.3, 0.4) is 0 Å². The van der Waals surface area contributed by atoms with Crippen molar-refractivity contribution in [1.82, 2.24) is 10.9 Å². The van der Waals surface area contributed by atoms with Crippen molar-refractivity contribution in [3.63, 3.8) is 0 Å². The Balaban J connectivity index is 3.13. The van der Waals surface area contributed by atoms with Crippen LogP contribution in [0.25, 0.3) is 0 Å². The van der Waals surface area contributed by atoms with E-state index in [0.29, 0.717) is 13.2 Å². The standard InChI is InChI=1S/C16H26N4O4S2/c1-3-25-7-5-23-13-9-12(16(22)20-18)14(24-6-8-26-4-2)10-11(13)15(21)19-17/h9-10H,3-8,17-18H2,1-2H3,(H,19,21)(H,20,22). The Morgan fingerprint density at radius 1 is 0.885 bits per heavy atom. The van der Waals surface area contributed by atoms with Crippen molar-refractivity contribution in [2.45, 2.75) is 13.8 Å². The highest BCUT2D eigenvalue weighted by Gasteiger charge is 2.21. The molecule has 0 saturated heterocycles. The lowest BCUT2D eigenvalue weighted by molar-refractivity contribution is 0.0935. The Morgan fingerprint density at radius 2 is 1.27 bits per heavy atom. The molecule has 0 bridgehead atoms. The molecule has 1 rings (SSSR count). The van der Waals surface area contributed by atoms with Crippen LogP contribution in [0.1, 0.15) is 34.6 Å². The summed E-state index contributed by atoms with van der Waals surface area (Å²) in [4.78, 5) is 24.2. The average Bonchev–Trinajstić information content (AvgIpc) is 2.67. The molecule has 0 heterocycles. The minimum absolute atomic E-state index is 0.195. The van der Waals surface area contributed by atoms with Gasteiger partial charge in [0.1, 0.15) is 11.5 Å². The highest BCUT2D eigenvalue weighted by atomic mass is 32.2. The Bertz CT molecular complexity index is 550. The summed E-state index contributed by atoms with van der Waals surface area (Å²) in [6.07, 6.45) is 0. The average molecular weight is 403 g/mol. The van der Waals surface area contributed by atoms with Crippen LogP contribution in [0, 0.1) is 0 Å². The zero-order valence-corrected chi connectivity index (χ0v) is 16.6. The van der Waals surface area contributed by atoms with Crippen molar-refractivity contribution in [3.8, 4) is 11.5 Å². The van der Waals surface area contributed by atoms with Gasteiger partial charge < -0.3 is 9.47 Å². The Morgan fingerprint density at radius 3 is 1.58 bits per heavy atom. The van der Waals surface area contributed by atoms with Gasteiger partial charge in [0, 0.05) is 11.5 Å². The fourth-order valence-corrected chi connectivity index (χ4v) is 3.00. The van der Waals surface area contributed by atoms with E-state index < -0.39 is 11.8 Å². The normalized spacial score (nSPS) is 10.3. The number of amides is 2. The molecular weight excluding hydrogens is 376 g/mol. The van der Waals surface area contributed by atoms with E-state index in [1.807, 2.05) is 13.8 Å². The third-order valence-electron chi connectivity index (χ3n) is 3.21. The molecule has 6 N–H and O–H groups in total. The molecule has 10 heteroatoms. The molecule has 1 aromatic rings. The van der Waals surface area contributed by atoms with E-state index >= 15 is 0 Å². The number of hydrazine groups is 2. The first-order valence-electron chi connectivity index (χ1n) is 8.19. The molecule has 0 aliphatic rings. The molecular formula is C16H26N4O4S2. The zero-order chi connectivity index (χ0) is 19.4. The van der Waals surface area contributed by atoms with Gasteiger partial charge in [-0.25, -0.2) is 11.7 Å². The maximum atomic E-state index is 12.1. The predicted octanol–water partition coefficient (Wildman–Crippen LogP) is 1.16. The van der Waals surface area contributed by atoms with E-state index in [4.69, 9.17) is 21.2 Å². The minimum atomic E-state index is -0.532. The molecule has 0 atom stereocenters. The van der Waals surface area contributed by atoms with Crippen LogP contribution in [0.5, 0.6) is 11.5 Å². The molecule has 0 spiro atoms. The first-order valence-corrected chi connectivity index (χ1v) is 10.5. The molecule has 26 heavy (non-hydrogen) atoms. The fourth-order valence-electron chi connectivity index (χ4n) is 2.02. The summed E-state index contributed by atoms with van der Waals surface area (Å²) in [5.41, 5.74) is 4.55. The highest BCUT2D eigenvalue weighted by molar-refractivity contribution is 7.99. The van der Waals surface area contributed by atoms with Crippen LogP contribution in [0.15, 0.2) is 12.1 Å². The minimum Gasteiger partial charge on any atom is -0.492 e. The molecule has 0 aliphatic heterocycles. The third-order valence-corrected chi connectivity index (χ3v) is 4.94. The molecule has 1 aromatic carbocycles. The predicted molar refractivity (Wildman–Crippen MR) is 107 cm³/mol. The molecule has 146 valence electrons. The lowest BCUT2D eigenvalue weighted by atomic mass is 10.1.